The molecule has 1 nitrogen and oxygen atoms in total. The van der Waals surface area contributed by atoms with Crippen molar-refractivity contribution in [2.75, 3.05) is 4.90 Å². The Morgan fingerprint density at radius 1 is 0.265 bits per heavy atom. The summed E-state index contributed by atoms with van der Waals surface area (Å²) < 4.78 is 0. The van der Waals surface area contributed by atoms with Gasteiger partial charge < -0.3 is 4.90 Å². The van der Waals surface area contributed by atoms with Crippen molar-refractivity contribution in [2.45, 2.75) is 43.9 Å². The van der Waals surface area contributed by atoms with E-state index in [1.54, 1.807) is 0 Å². The minimum atomic E-state index is -0.407. The number of benzene rings is 10. The molecule has 322 valence electrons. The molecule has 0 saturated carbocycles. The number of hydrogen-bond donors (Lipinski definition) is 0. The van der Waals surface area contributed by atoms with Crippen molar-refractivity contribution in [3.05, 3.63) is 269 Å². The lowest BCUT2D eigenvalue weighted by atomic mass is 9.70. The van der Waals surface area contributed by atoms with Gasteiger partial charge in [-0.1, -0.05) is 216 Å². The fraction of sp³-hybridized carbons (Fsp3) is 0.104. The van der Waals surface area contributed by atoms with Crippen molar-refractivity contribution < 1.29 is 0 Å². The maximum Gasteiger partial charge on any atom is 0.0725 e. The number of nitrogens with zero attached hydrogens (tertiary/aromatic N) is 1. The van der Waals surface area contributed by atoms with Crippen LogP contribution in [0.2, 0.25) is 0 Å². The minimum absolute atomic E-state index is 0.150. The highest BCUT2D eigenvalue weighted by molar-refractivity contribution is 6.01. The second-order valence-corrected chi connectivity index (χ2v) is 20.3. The van der Waals surface area contributed by atoms with Crippen LogP contribution in [0.25, 0.3) is 66.8 Å². The molecule has 0 aliphatic heterocycles. The van der Waals surface area contributed by atoms with Gasteiger partial charge in [-0.15, -0.1) is 0 Å². The number of rotatable bonds is 5. The van der Waals surface area contributed by atoms with Crippen LogP contribution in [-0.4, -0.2) is 0 Å². The third-order valence-electron chi connectivity index (χ3n) is 16.3. The highest BCUT2D eigenvalue weighted by Crippen LogP contribution is 2.64. The van der Waals surface area contributed by atoms with E-state index in [-0.39, 0.29) is 10.8 Å². The molecule has 1 heteroatoms. The first-order valence-electron chi connectivity index (χ1n) is 24.2. The first kappa shape index (κ1) is 39.2. The molecule has 0 N–H and O–H groups in total. The Labute approximate surface area is 399 Å². The van der Waals surface area contributed by atoms with E-state index in [1.165, 1.54) is 111 Å². The van der Waals surface area contributed by atoms with Gasteiger partial charge in [-0.25, -0.2) is 0 Å². The average molecular weight is 868 g/mol. The fourth-order valence-corrected chi connectivity index (χ4v) is 13.2. The normalized spacial score (nSPS) is 15.1. The van der Waals surface area contributed by atoms with Gasteiger partial charge in [0.1, 0.15) is 0 Å². The van der Waals surface area contributed by atoms with Crippen LogP contribution in [-0.2, 0) is 16.2 Å². The van der Waals surface area contributed by atoms with Crippen LogP contribution in [0.1, 0.15) is 72.2 Å². The summed E-state index contributed by atoms with van der Waals surface area (Å²) in [4.78, 5) is 2.54. The summed E-state index contributed by atoms with van der Waals surface area (Å²) in [6.07, 6.45) is 0. The molecule has 0 aromatic heterocycles. The Morgan fingerprint density at radius 2 is 0.676 bits per heavy atom. The lowest BCUT2D eigenvalue weighted by Gasteiger charge is -2.31. The first-order valence-corrected chi connectivity index (χ1v) is 24.2. The van der Waals surface area contributed by atoms with Crippen LogP contribution in [0.3, 0.4) is 0 Å². The van der Waals surface area contributed by atoms with Gasteiger partial charge in [-0.3, -0.25) is 0 Å². The third kappa shape index (κ3) is 5.11. The van der Waals surface area contributed by atoms with Crippen molar-refractivity contribution in [1.29, 1.82) is 0 Å². The lowest BCUT2D eigenvalue weighted by molar-refractivity contribution is 0.660. The zero-order valence-corrected chi connectivity index (χ0v) is 38.8. The lowest BCUT2D eigenvalue weighted by Crippen LogP contribution is -2.25. The highest BCUT2D eigenvalue weighted by atomic mass is 15.1. The minimum Gasteiger partial charge on any atom is -0.310 e. The Kier molecular flexibility index (Phi) is 8.08. The van der Waals surface area contributed by atoms with Crippen LogP contribution in [0.5, 0.6) is 0 Å². The standard InChI is InChI=1S/C67H49N/c1-65(2)55-27-13-8-21-47(55)51-36-34-44(40-61(51)65)68(45-35-37-52-48-22-9-14-28-56(48)66(3,4)62(52)41-45)63-38-33-43(39-54(63)42-19-6-5-7-20-42)46-26-18-32-60-64(46)53-25-12-17-31-59(53)67(60)57-29-15-10-23-49(57)50-24-11-16-30-58(50)67/h5-41H,1-4H3. The molecule has 0 radical (unpaired) electrons. The number of anilines is 3. The van der Waals surface area contributed by atoms with Crippen molar-refractivity contribution in [3.8, 4) is 66.8 Å². The van der Waals surface area contributed by atoms with E-state index >= 15 is 0 Å². The summed E-state index contributed by atoms with van der Waals surface area (Å²) in [6.45, 7) is 9.53. The average Bonchev–Trinajstić information content (AvgIpc) is 4.02. The summed E-state index contributed by atoms with van der Waals surface area (Å²) in [5.41, 5.74) is 29.0. The molecule has 4 aliphatic carbocycles. The molecule has 4 aliphatic rings. The molecule has 0 unspecified atom stereocenters. The van der Waals surface area contributed by atoms with Gasteiger partial charge in [-0.2, -0.15) is 0 Å². The van der Waals surface area contributed by atoms with E-state index in [0.717, 1.165) is 17.1 Å². The molecule has 10 aromatic rings. The van der Waals surface area contributed by atoms with E-state index in [2.05, 4.69) is 257 Å². The quantitative estimate of drug-likeness (QED) is 0.167. The molecule has 1 spiro atoms. The second kappa shape index (κ2) is 14.0. The van der Waals surface area contributed by atoms with E-state index in [4.69, 9.17) is 0 Å². The zero-order valence-electron chi connectivity index (χ0n) is 38.8. The van der Waals surface area contributed by atoms with E-state index in [9.17, 15) is 0 Å². The maximum atomic E-state index is 2.54. The van der Waals surface area contributed by atoms with E-state index in [0.29, 0.717) is 0 Å². The monoisotopic (exact) mass is 867 g/mol. The Balaban J connectivity index is 1.01. The molecule has 0 atom stereocenters. The number of hydrogen-bond acceptors (Lipinski definition) is 1. The van der Waals surface area contributed by atoms with Gasteiger partial charge in [0.05, 0.1) is 11.1 Å². The predicted octanol–water partition coefficient (Wildman–Crippen LogP) is 17.4. The summed E-state index contributed by atoms with van der Waals surface area (Å²) in [6, 6.07) is 85.0. The highest BCUT2D eigenvalue weighted by Gasteiger charge is 2.52. The molecule has 0 saturated heterocycles. The Bertz CT molecular complexity index is 3600. The van der Waals surface area contributed by atoms with Gasteiger partial charge in [0.15, 0.2) is 0 Å². The Hall–Kier alpha value is -8.00. The smallest absolute Gasteiger partial charge is 0.0725 e. The van der Waals surface area contributed by atoms with Gasteiger partial charge in [0, 0.05) is 27.8 Å². The van der Waals surface area contributed by atoms with Gasteiger partial charge in [-0.05, 0) is 142 Å². The van der Waals surface area contributed by atoms with Crippen LogP contribution in [0, 0.1) is 0 Å². The summed E-state index contributed by atoms with van der Waals surface area (Å²) in [7, 11) is 0. The van der Waals surface area contributed by atoms with Crippen LogP contribution >= 0.6 is 0 Å². The van der Waals surface area contributed by atoms with Gasteiger partial charge in [0.25, 0.3) is 0 Å². The van der Waals surface area contributed by atoms with Crippen molar-refractivity contribution >= 4 is 17.1 Å². The summed E-state index contributed by atoms with van der Waals surface area (Å²) in [5.74, 6) is 0. The van der Waals surface area contributed by atoms with Crippen molar-refractivity contribution in [1.82, 2.24) is 0 Å². The van der Waals surface area contributed by atoms with Gasteiger partial charge in [0.2, 0.25) is 0 Å². The molecule has 0 fully saturated rings. The van der Waals surface area contributed by atoms with Crippen LogP contribution in [0.4, 0.5) is 17.1 Å². The van der Waals surface area contributed by atoms with Crippen LogP contribution < -0.4 is 4.90 Å². The molecule has 10 aromatic carbocycles. The largest absolute Gasteiger partial charge is 0.310 e. The predicted molar refractivity (Wildman–Crippen MR) is 283 cm³/mol. The molecular formula is C67H49N. The van der Waals surface area contributed by atoms with Crippen LogP contribution in [0.15, 0.2) is 224 Å². The third-order valence-corrected chi connectivity index (χ3v) is 16.3. The molecule has 0 amide bonds. The topological polar surface area (TPSA) is 3.24 Å². The number of fused-ring (bicyclic) bond motifs is 16. The summed E-state index contributed by atoms with van der Waals surface area (Å²) >= 11 is 0. The van der Waals surface area contributed by atoms with E-state index in [1.807, 2.05) is 0 Å². The zero-order chi connectivity index (χ0) is 45.5. The Morgan fingerprint density at radius 3 is 1.22 bits per heavy atom. The second-order valence-electron chi connectivity index (χ2n) is 20.3. The summed E-state index contributed by atoms with van der Waals surface area (Å²) in [5, 5.41) is 0. The van der Waals surface area contributed by atoms with E-state index < -0.39 is 5.41 Å². The van der Waals surface area contributed by atoms with Crippen molar-refractivity contribution in [3.63, 3.8) is 0 Å². The maximum absolute atomic E-state index is 2.54. The molecule has 14 rings (SSSR count). The fourth-order valence-electron chi connectivity index (χ4n) is 13.2. The van der Waals surface area contributed by atoms with Gasteiger partial charge >= 0.3 is 0 Å². The SMILES string of the molecule is CC1(C)c2ccccc2-c2ccc(N(c3ccc4c(c3)C(C)(C)c3ccccc3-4)c3ccc(-c4cccc5c4-c4ccccc4C54c5ccccc5-c5ccccc54)cc3-c3ccccc3)cc21. The molecule has 0 heterocycles. The van der Waals surface area contributed by atoms with Crippen molar-refractivity contribution in [2.24, 2.45) is 0 Å². The molecule has 0 bridgehead atoms. The first-order chi connectivity index (χ1) is 33.3. The molecular weight excluding hydrogens is 819 g/mol. The molecule has 68 heavy (non-hydrogen) atoms.